The van der Waals surface area contributed by atoms with Gasteiger partial charge in [0.2, 0.25) is 0 Å². The maximum absolute atomic E-state index is 12.0. The molecule has 0 aromatic carbocycles. The molecule has 1 aromatic heterocycles. The number of pyridine rings is 1. The second kappa shape index (κ2) is 5.63. The van der Waals surface area contributed by atoms with E-state index in [0.717, 1.165) is 5.69 Å². The van der Waals surface area contributed by atoms with Crippen LogP contribution in [0.3, 0.4) is 0 Å². The van der Waals surface area contributed by atoms with E-state index in [0.29, 0.717) is 13.1 Å². The summed E-state index contributed by atoms with van der Waals surface area (Å²) in [6.07, 6.45) is 2.86. The van der Waals surface area contributed by atoms with Crippen LogP contribution in [0.2, 0.25) is 0 Å². The molecule has 1 rings (SSSR count). The number of carbonyl (C=O) groups excluding carboxylic acids is 1. The zero-order valence-electron chi connectivity index (χ0n) is 10.5. The van der Waals surface area contributed by atoms with Gasteiger partial charge in [0.05, 0.1) is 5.69 Å². The highest BCUT2D eigenvalue weighted by Crippen LogP contribution is 2.16. The zero-order valence-corrected chi connectivity index (χ0v) is 10.5. The number of amides is 1. The lowest BCUT2D eigenvalue weighted by Gasteiger charge is -2.27. The van der Waals surface area contributed by atoms with Gasteiger partial charge in [-0.25, -0.2) is 4.79 Å². The van der Waals surface area contributed by atoms with E-state index in [9.17, 15) is 4.79 Å². The highest BCUT2D eigenvalue weighted by atomic mass is 16.6. The minimum atomic E-state index is -0.517. The topological polar surface area (TPSA) is 68.5 Å². The van der Waals surface area contributed by atoms with Gasteiger partial charge in [0.15, 0.2) is 0 Å². The molecule has 5 nitrogen and oxygen atoms in total. The van der Waals surface area contributed by atoms with Crippen LogP contribution < -0.4 is 10.6 Å². The number of aromatic nitrogens is 1. The van der Waals surface area contributed by atoms with Crippen LogP contribution in [-0.4, -0.2) is 29.8 Å². The van der Waals surface area contributed by atoms with Crippen LogP contribution in [0, 0.1) is 0 Å². The van der Waals surface area contributed by atoms with Gasteiger partial charge in [-0.15, -0.1) is 0 Å². The molecule has 5 heteroatoms. The second-order valence-electron chi connectivity index (χ2n) is 4.63. The maximum atomic E-state index is 12.0. The fourth-order valence-corrected chi connectivity index (χ4v) is 1.30. The molecule has 0 aliphatic rings. The molecule has 0 saturated heterocycles. The number of nitrogens with two attached hydrogens (primary N) is 1. The highest BCUT2D eigenvalue weighted by molar-refractivity contribution is 5.87. The quantitative estimate of drug-likeness (QED) is 0.870. The van der Waals surface area contributed by atoms with Crippen LogP contribution in [0.4, 0.5) is 10.5 Å². The summed E-state index contributed by atoms with van der Waals surface area (Å²) in [5.74, 6) is 0. The molecular weight excluding hydrogens is 218 g/mol. The highest BCUT2D eigenvalue weighted by Gasteiger charge is 2.22. The summed E-state index contributed by atoms with van der Waals surface area (Å²) in [6, 6.07) is 3.50. The van der Waals surface area contributed by atoms with Crippen molar-refractivity contribution in [2.75, 3.05) is 18.0 Å². The molecule has 0 unspecified atom stereocenters. The summed E-state index contributed by atoms with van der Waals surface area (Å²) < 4.78 is 5.32. The molecule has 0 fully saturated rings. The first-order chi connectivity index (χ1) is 7.94. The fourth-order valence-electron chi connectivity index (χ4n) is 1.30. The Morgan fingerprint density at radius 3 is 2.47 bits per heavy atom. The third-order valence-corrected chi connectivity index (χ3v) is 1.94. The predicted molar refractivity (Wildman–Crippen MR) is 66.9 cm³/mol. The normalized spacial score (nSPS) is 11.1. The molecule has 0 aliphatic heterocycles. The summed E-state index contributed by atoms with van der Waals surface area (Å²) in [6.45, 7) is 6.29. The monoisotopic (exact) mass is 237 g/mol. The Bertz CT molecular complexity index is 360. The van der Waals surface area contributed by atoms with E-state index in [4.69, 9.17) is 10.5 Å². The third-order valence-electron chi connectivity index (χ3n) is 1.94. The Hall–Kier alpha value is -1.62. The molecule has 1 amide bonds. The Morgan fingerprint density at radius 1 is 1.41 bits per heavy atom. The molecule has 0 atom stereocenters. The van der Waals surface area contributed by atoms with Crippen molar-refractivity contribution in [1.82, 2.24) is 4.98 Å². The lowest BCUT2D eigenvalue weighted by molar-refractivity contribution is 0.0581. The van der Waals surface area contributed by atoms with Gasteiger partial charge in [0.1, 0.15) is 5.60 Å². The summed E-state index contributed by atoms with van der Waals surface area (Å²) in [5, 5.41) is 0. The van der Waals surface area contributed by atoms with Gasteiger partial charge in [-0.3, -0.25) is 9.88 Å². The molecule has 1 aromatic rings. The molecule has 0 spiro atoms. The number of rotatable bonds is 3. The van der Waals surface area contributed by atoms with Gasteiger partial charge in [-0.2, -0.15) is 0 Å². The van der Waals surface area contributed by atoms with Crippen LogP contribution in [0.25, 0.3) is 0 Å². The largest absolute Gasteiger partial charge is 0.443 e. The zero-order chi connectivity index (χ0) is 12.9. The van der Waals surface area contributed by atoms with E-state index >= 15 is 0 Å². The summed E-state index contributed by atoms with van der Waals surface area (Å²) in [4.78, 5) is 17.4. The smallest absolute Gasteiger partial charge is 0.414 e. The van der Waals surface area contributed by atoms with Crippen molar-refractivity contribution in [3.8, 4) is 0 Å². The van der Waals surface area contributed by atoms with Gasteiger partial charge < -0.3 is 10.5 Å². The van der Waals surface area contributed by atoms with Crippen molar-refractivity contribution < 1.29 is 9.53 Å². The first kappa shape index (κ1) is 13.4. The predicted octanol–water partition coefficient (Wildman–Crippen LogP) is 1.78. The molecule has 0 radical (unpaired) electrons. The molecule has 2 N–H and O–H groups in total. The van der Waals surface area contributed by atoms with Crippen molar-refractivity contribution >= 4 is 11.8 Å². The van der Waals surface area contributed by atoms with Crippen LogP contribution in [0.15, 0.2) is 24.5 Å². The average Bonchev–Trinajstić information content (AvgIpc) is 2.24. The van der Waals surface area contributed by atoms with Crippen molar-refractivity contribution in [2.45, 2.75) is 26.4 Å². The minimum Gasteiger partial charge on any atom is -0.443 e. The molecule has 1 heterocycles. The van der Waals surface area contributed by atoms with Gasteiger partial charge in [0, 0.05) is 25.5 Å². The maximum Gasteiger partial charge on any atom is 0.414 e. The van der Waals surface area contributed by atoms with Crippen LogP contribution in [-0.2, 0) is 4.74 Å². The van der Waals surface area contributed by atoms with Gasteiger partial charge >= 0.3 is 6.09 Å². The Kier molecular flexibility index (Phi) is 4.45. The molecular formula is C12H19N3O2. The van der Waals surface area contributed by atoms with Crippen molar-refractivity contribution in [3.05, 3.63) is 24.5 Å². The molecule has 0 aliphatic carbocycles. The third kappa shape index (κ3) is 4.40. The number of anilines is 1. The number of carbonyl (C=O) groups is 1. The van der Waals surface area contributed by atoms with Crippen molar-refractivity contribution in [3.63, 3.8) is 0 Å². The number of nitrogens with zero attached hydrogens (tertiary/aromatic N) is 2. The van der Waals surface area contributed by atoms with Crippen LogP contribution in [0.5, 0.6) is 0 Å². The number of hydrogen-bond donors (Lipinski definition) is 1. The summed E-state index contributed by atoms with van der Waals surface area (Å²) in [5.41, 5.74) is 5.72. The van der Waals surface area contributed by atoms with Gasteiger partial charge in [-0.05, 0) is 32.9 Å². The van der Waals surface area contributed by atoms with E-state index < -0.39 is 11.7 Å². The lowest BCUT2D eigenvalue weighted by atomic mass is 10.2. The van der Waals surface area contributed by atoms with Crippen molar-refractivity contribution in [2.24, 2.45) is 5.73 Å². The lowest BCUT2D eigenvalue weighted by Crippen LogP contribution is -2.39. The number of hydrogen-bond acceptors (Lipinski definition) is 4. The fraction of sp³-hybridized carbons (Fsp3) is 0.500. The Labute approximate surface area is 102 Å². The molecule has 0 saturated carbocycles. The summed E-state index contributed by atoms with van der Waals surface area (Å²) in [7, 11) is 0. The Balaban J connectivity index is 2.83. The SMILES string of the molecule is CC(C)(C)OC(=O)N(CCN)c1ccncc1. The Morgan fingerprint density at radius 2 is 2.00 bits per heavy atom. The van der Waals surface area contributed by atoms with Crippen LogP contribution >= 0.6 is 0 Å². The van der Waals surface area contributed by atoms with E-state index in [1.165, 1.54) is 4.90 Å². The van der Waals surface area contributed by atoms with Gasteiger partial charge in [-0.1, -0.05) is 0 Å². The minimum absolute atomic E-state index is 0.377. The van der Waals surface area contributed by atoms with Crippen LogP contribution in [0.1, 0.15) is 20.8 Å². The second-order valence-corrected chi connectivity index (χ2v) is 4.63. The molecule has 0 bridgehead atoms. The van der Waals surface area contributed by atoms with E-state index in [2.05, 4.69) is 4.98 Å². The first-order valence-electron chi connectivity index (χ1n) is 5.54. The van der Waals surface area contributed by atoms with Crippen molar-refractivity contribution in [1.29, 1.82) is 0 Å². The van der Waals surface area contributed by atoms with E-state index in [1.807, 2.05) is 20.8 Å². The standard InChI is InChI=1S/C12H19N3O2/c1-12(2,3)17-11(16)15(9-6-13)10-4-7-14-8-5-10/h4-5,7-8H,6,9,13H2,1-3H3. The molecule has 17 heavy (non-hydrogen) atoms. The molecule has 94 valence electrons. The first-order valence-corrected chi connectivity index (χ1v) is 5.54. The summed E-state index contributed by atoms with van der Waals surface area (Å²) >= 11 is 0. The van der Waals surface area contributed by atoms with Gasteiger partial charge in [0.25, 0.3) is 0 Å². The number of ether oxygens (including phenoxy) is 1. The van der Waals surface area contributed by atoms with E-state index in [1.54, 1.807) is 24.5 Å². The van der Waals surface area contributed by atoms with E-state index in [-0.39, 0.29) is 0 Å². The average molecular weight is 237 g/mol.